The van der Waals surface area contributed by atoms with Crippen molar-refractivity contribution in [1.82, 2.24) is 0 Å². The second kappa shape index (κ2) is 5.01. The minimum absolute atomic E-state index is 0.0863. The third kappa shape index (κ3) is 2.75. The van der Waals surface area contributed by atoms with E-state index in [0.29, 0.717) is 17.0 Å². The van der Waals surface area contributed by atoms with E-state index in [1.165, 1.54) is 11.3 Å². The number of thiophene rings is 1. The van der Waals surface area contributed by atoms with Crippen LogP contribution in [0.1, 0.15) is 31.2 Å². The van der Waals surface area contributed by atoms with Crippen molar-refractivity contribution in [2.45, 2.75) is 20.0 Å². The molecule has 0 radical (unpaired) electrons. The summed E-state index contributed by atoms with van der Waals surface area (Å²) in [5.41, 5.74) is -0.532. The first kappa shape index (κ1) is 14.7. The van der Waals surface area contributed by atoms with E-state index in [-0.39, 0.29) is 5.56 Å². The van der Waals surface area contributed by atoms with E-state index in [0.717, 1.165) is 16.5 Å². The summed E-state index contributed by atoms with van der Waals surface area (Å²) in [6.07, 6.45) is -4.76. The van der Waals surface area contributed by atoms with Crippen LogP contribution in [0.2, 0.25) is 0 Å². The van der Waals surface area contributed by atoms with Gasteiger partial charge in [0, 0.05) is 10.4 Å². The minimum Gasteiger partial charge on any atom is -0.288 e. The van der Waals surface area contributed by atoms with Crippen LogP contribution in [-0.4, -0.2) is 5.78 Å². The van der Waals surface area contributed by atoms with Crippen molar-refractivity contribution in [3.8, 4) is 0 Å². The second-order valence-corrected chi connectivity index (χ2v) is 5.63. The molecule has 0 fully saturated rings. The van der Waals surface area contributed by atoms with Crippen molar-refractivity contribution in [2.75, 3.05) is 0 Å². The Kier molecular flexibility index (Phi) is 3.69. The average Bonchev–Trinajstić information content (AvgIpc) is 2.67. The molecular formula is C14H10F4OS. The molecule has 0 aliphatic heterocycles. The van der Waals surface area contributed by atoms with Gasteiger partial charge in [0.05, 0.1) is 10.4 Å². The van der Waals surface area contributed by atoms with Crippen LogP contribution in [0, 0.1) is 19.7 Å². The Labute approximate surface area is 116 Å². The largest absolute Gasteiger partial charge is 0.419 e. The van der Waals surface area contributed by atoms with Gasteiger partial charge in [-0.15, -0.1) is 11.3 Å². The van der Waals surface area contributed by atoms with Crippen LogP contribution in [0.15, 0.2) is 24.3 Å². The molecular weight excluding hydrogens is 292 g/mol. The average molecular weight is 302 g/mol. The van der Waals surface area contributed by atoms with Crippen molar-refractivity contribution in [2.24, 2.45) is 0 Å². The van der Waals surface area contributed by atoms with Crippen molar-refractivity contribution >= 4 is 17.1 Å². The lowest BCUT2D eigenvalue weighted by atomic mass is 10.1. The summed E-state index contributed by atoms with van der Waals surface area (Å²) in [6.45, 7) is 3.67. The molecule has 0 saturated carbocycles. The first-order valence-corrected chi connectivity index (χ1v) is 6.50. The van der Waals surface area contributed by atoms with Gasteiger partial charge >= 0.3 is 6.18 Å². The van der Waals surface area contributed by atoms with Gasteiger partial charge in [-0.2, -0.15) is 13.2 Å². The third-order valence-electron chi connectivity index (χ3n) is 2.93. The summed E-state index contributed by atoms with van der Waals surface area (Å²) in [7, 11) is 0. The molecule has 0 atom stereocenters. The zero-order chi connectivity index (χ0) is 15.1. The topological polar surface area (TPSA) is 17.1 Å². The van der Waals surface area contributed by atoms with Gasteiger partial charge < -0.3 is 0 Å². The first-order chi connectivity index (χ1) is 9.20. The third-order valence-corrected chi connectivity index (χ3v) is 4.08. The number of carbonyl (C=O) groups excluding carboxylic acids is 1. The van der Waals surface area contributed by atoms with Gasteiger partial charge in [-0.1, -0.05) is 6.07 Å². The predicted octanol–water partition coefficient (Wildman–Crippen LogP) is 4.75. The lowest BCUT2D eigenvalue weighted by Gasteiger charge is -2.08. The van der Waals surface area contributed by atoms with Crippen LogP contribution in [0.3, 0.4) is 0 Å². The van der Waals surface area contributed by atoms with Crippen LogP contribution in [0.25, 0.3) is 0 Å². The number of alkyl halides is 3. The molecule has 1 aromatic carbocycles. The lowest BCUT2D eigenvalue weighted by Crippen LogP contribution is -2.09. The molecule has 0 saturated heterocycles. The van der Waals surface area contributed by atoms with Crippen LogP contribution in [-0.2, 0) is 6.18 Å². The standard InChI is InChI=1S/C14H10F4OS/c1-7-5-12(20-8(7)2)13(19)9-3-4-10(11(15)6-9)14(16,17)18/h3-6H,1-2H3. The molecule has 1 aromatic heterocycles. The molecule has 0 N–H and O–H groups in total. The molecule has 6 heteroatoms. The Morgan fingerprint density at radius 1 is 1.15 bits per heavy atom. The van der Waals surface area contributed by atoms with Crippen LogP contribution < -0.4 is 0 Å². The molecule has 0 aliphatic rings. The minimum atomic E-state index is -4.76. The number of hydrogen-bond acceptors (Lipinski definition) is 2. The van der Waals surface area contributed by atoms with Gasteiger partial charge in [0.15, 0.2) is 0 Å². The molecule has 0 amide bonds. The summed E-state index contributed by atoms with van der Waals surface area (Å²) in [5.74, 6) is -1.91. The van der Waals surface area contributed by atoms with E-state index in [1.807, 2.05) is 13.8 Å². The zero-order valence-corrected chi connectivity index (χ0v) is 11.5. The Hall–Kier alpha value is -1.69. The highest BCUT2D eigenvalue weighted by molar-refractivity contribution is 7.14. The Balaban J connectivity index is 2.39. The fourth-order valence-electron chi connectivity index (χ4n) is 1.71. The normalized spacial score (nSPS) is 11.7. The van der Waals surface area contributed by atoms with Gasteiger partial charge in [-0.3, -0.25) is 4.79 Å². The van der Waals surface area contributed by atoms with E-state index >= 15 is 0 Å². The monoisotopic (exact) mass is 302 g/mol. The van der Waals surface area contributed by atoms with Crippen molar-refractivity contribution in [3.63, 3.8) is 0 Å². The highest BCUT2D eigenvalue weighted by Crippen LogP contribution is 2.32. The van der Waals surface area contributed by atoms with Gasteiger partial charge in [0.2, 0.25) is 5.78 Å². The first-order valence-electron chi connectivity index (χ1n) is 5.68. The summed E-state index contributed by atoms with van der Waals surface area (Å²) in [4.78, 5) is 13.4. The predicted molar refractivity (Wildman–Crippen MR) is 68.6 cm³/mol. The molecule has 0 spiro atoms. The van der Waals surface area contributed by atoms with E-state index < -0.39 is 23.3 Å². The number of benzene rings is 1. The Morgan fingerprint density at radius 3 is 2.25 bits per heavy atom. The number of hydrogen-bond donors (Lipinski definition) is 0. The molecule has 0 bridgehead atoms. The van der Waals surface area contributed by atoms with Gasteiger partial charge in [-0.05, 0) is 37.6 Å². The summed E-state index contributed by atoms with van der Waals surface area (Å²) in [6, 6.07) is 3.88. The second-order valence-electron chi connectivity index (χ2n) is 4.37. The molecule has 0 unspecified atom stereocenters. The SMILES string of the molecule is Cc1cc(C(=O)c2ccc(C(F)(F)F)c(F)c2)sc1C. The Morgan fingerprint density at radius 2 is 1.80 bits per heavy atom. The number of rotatable bonds is 2. The molecule has 2 rings (SSSR count). The van der Waals surface area contributed by atoms with Crippen molar-refractivity contribution in [3.05, 3.63) is 56.5 Å². The van der Waals surface area contributed by atoms with Crippen LogP contribution >= 0.6 is 11.3 Å². The van der Waals surface area contributed by atoms with Crippen LogP contribution in [0.4, 0.5) is 17.6 Å². The van der Waals surface area contributed by atoms with Gasteiger partial charge in [0.1, 0.15) is 5.82 Å². The summed E-state index contributed by atoms with van der Waals surface area (Å²) >= 11 is 1.24. The fourth-order valence-corrected chi connectivity index (χ4v) is 2.71. The van der Waals surface area contributed by atoms with E-state index in [9.17, 15) is 22.4 Å². The molecule has 1 nitrogen and oxygen atoms in total. The molecule has 1 heterocycles. The van der Waals surface area contributed by atoms with E-state index in [4.69, 9.17) is 0 Å². The highest BCUT2D eigenvalue weighted by atomic mass is 32.1. The van der Waals surface area contributed by atoms with Gasteiger partial charge in [0.25, 0.3) is 0 Å². The molecule has 106 valence electrons. The smallest absolute Gasteiger partial charge is 0.288 e. The zero-order valence-electron chi connectivity index (χ0n) is 10.6. The maximum atomic E-state index is 13.4. The number of halogens is 4. The highest BCUT2D eigenvalue weighted by Gasteiger charge is 2.34. The maximum absolute atomic E-state index is 13.4. The fraction of sp³-hybridized carbons (Fsp3) is 0.214. The Bertz CT molecular complexity index is 651. The maximum Gasteiger partial charge on any atom is 0.419 e. The van der Waals surface area contributed by atoms with Gasteiger partial charge in [-0.25, -0.2) is 4.39 Å². The molecule has 20 heavy (non-hydrogen) atoms. The number of ketones is 1. The number of carbonyl (C=O) groups is 1. The molecule has 0 aliphatic carbocycles. The van der Waals surface area contributed by atoms with E-state index in [1.54, 1.807) is 6.07 Å². The van der Waals surface area contributed by atoms with Crippen molar-refractivity contribution < 1.29 is 22.4 Å². The summed E-state index contributed by atoms with van der Waals surface area (Å²) < 4.78 is 50.8. The van der Waals surface area contributed by atoms with Crippen molar-refractivity contribution in [1.29, 1.82) is 0 Å². The number of aryl methyl sites for hydroxylation is 2. The summed E-state index contributed by atoms with van der Waals surface area (Å²) in [5, 5.41) is 0. The quantitative estimate of drug-likeness (QED) is 0.578. The molecule has 2 aromatic rings. The van der Waals surface area contributed by atoms with Crippen LogP contribution in [0.5, 0.6) is 0 Å². The lowest BCUT2D eigenvalue weighted by molar-refractivity contribution is -0.140. The van der Waals surface area contributed by atoms with E-state index in [2.05, 4.69) is 0 Å².